The molecule has 0 N–H and O–H groups in total. The van der Waals surface area contributed by atoms with Crippen LogP contribution in [-0.2, 0) is 6.54 Å². The highest BCUT2D eigenvalue weighted by atomic mass is 32.1. The zero-order valence-electron chi connectivity index (χ0n) is 12.6. The summed E-state index contributed by atoms with van der Waals surface area (Å²) in [5.41, 5.74) is 0. The first-order valence-electron chi connectivity index (χ1n) is 7.49. The molecule has 2 aromatic rings. The molecule has 2 aromatic heterocycles. The summed E-state index contributed by atoms with van der Waals surface area (Å²) >= 11 is 1.75. The first-order valence-corrected chi connectivity index (χ1v) is 8.37. The van der Waals surface area contributed by atoms with E-state index in [9.17, 15) is 0 Å². The maximum absolute atomic E-state index is 4.31. The van der Waals surface area contributed by atoms with Crippen molar-refractivity contribution < 1.29 is 0 Å². The lowest BCUT2D eigenvalue weighted by molar-refractivity contribution is 0.103. The summed E-state index contributed by atoms with van der Waals surface area (Å²) in [7, 11) is 2.18. The van der Waals surface area contributed by atoms with Crippen molar-refractivity contribution in [3.8, 4) is 0 Å². The van der Waals surface area contributed by atoms with E-state index in [2.05, 4.69) is 56.8 Å². The van der Waals surface area contributed by atoms with Gasteiger partial charge in [0.25, 0.3) is 0 Å². The number of nitrogens with zero attached hydrogens (tertiary/aromatic N) is 6. The monoisotopic (exact) mass is 306 g/mol. The number of piperazine rings is 1. The summed E-state index contributed by atoms with van der Waals surface area (Å²) in [6, 6.07) is 4.52. The lowest BCUT2D eigenvalue weighted by atomic mass is 10.1. The number of thiophene rings is 1. The minimum Gasteiger partial charge on any atom is -0.304 e. The van der Waals surface area contributed by atoms with Gasteiger partial charge in [-0.1, -0.05) is 13.0 Å². The second-order valence-corrected chi connectivity index (χ2v) is 6.57. The van der Waals surface area contributed by atoms with Crippen LogP contribution in [0.25, 0.3) is 0 Å². The van der Waals surface area contributed by atoms with E-state index >= 15 is 0 Å². The average Bonchev–Trinajstić information content (AvgIpc) is 3.15. The van der Waals surface area contributed by atoms with E-state index in [1.54, 1.807) is 11.3 Å². The fourth-order valence-corrected chi connectivity index (χ4v) is 3.54. The standard InChI is InChI=1S/C14H22N6S/c1-3-13(19-8-6-18(2)7-9-19)14-15-16-17-20(14)11-12-5-4-10-21-12/h4-5,10,13H,3,6-9,11H2,1-2H3. The summed E-state index contributed by atoms with van der Waals surface area (Å²) in [5, 5.41) is 14.5. The molecule has 0 aliphatic carbocycles. The Kier molecular flexibility index (Phi) is 4.62. The SMILES string of the molecule is CCC(c1nnnn1Cc1cccs1)N1CCN(C)CC1. The third kappa shape index (κ3) is 3.30. The predicted octanol–water partition coefficient (Wildman–Crippen LogP) is 1.48. The zero-order valence-corrected chi connectivity index (χ0v) is 13.5. The molecule has 7 heteroatoms. The fourth-order valence-electron chi connectivity index (χ4n) is 2.85. The Hall–Kier alpha value is -1.31. The molecule has 1 atom stereocenters. The van der Waals surface area contributed by atoms with Gasteiger partial charge < -0.3 is 4.90 Å². The molecule has 0 spiro atoms. The van der Waals surface area contributed by atoms with Crippen molar-refractivity contribution in [2.45, 2.75) is 25.9 Å². The van der Waals surface area contributed by atoms with E-state index in [1.165, 1.54) is 4.88 Å². The lowest BCUT2D eigenvalue weighted by Gasteiger charge is -2.36. The molecule has 0 radical (unpaired) electrons. The van der Waals surface area contributed by atoms with Gasteiger partial charge in [-0.05, 0) is 35.3 Å². The maximum Gasteiger partial charge on any atom is 0.168 e. The first kappa shape index (κ1) is 14.6. The van der Waals surface area contributed by atoms with Gasteiger partial charge in [-0.2, -0.15) is 0 Å². The topological polar surface area (TPSA) is 50.1 Å². The Balaban J connectivity index is 1.76. The van der Waals surface area contributed by atoms with Crippen LogP contribution in [0, 0.1) is 0 Å². The minimum atomic E-state index is 0.314. The summed E-state index contributed by atoms with van der Waals surface area (Å²) < 4.78 is 1.96. The molecule has 6 nitrogen and oxygen atoms in total. The van der Waals surface area contributed by atoms with Gasteiger partial charge in [-0.3, -0.25) is 4.90 Å². The molecule has 114 valence electrons. The molecule has 0 amide bonds. The van der Waals surface area contributed by atoms with Gasteiger partial charge in [0.15, 0.2) is 5.82 Å². The van der Waals surface area contributed by atoms with Gasteiger partial charge in [-0.15, -0.1) is 16.4 Å². The van der Waals surface area contributed by atoms with Gasteiger partial charge in [-0.25, -0.2) is 4.68 Å². The number of tetrazole rings is 1. The number of aromatic nitrogens is 4. The third-order valence-corrected chi connectivity index (χ3v) is 4.97. The van der Waals surface area contributed by atoms with Gasteiger partial charge >= 0.3 is 0 Å². The van der Waals surface area contributed by atoms with Crippen LogP contribution in [0.1, 0.15) is 30.1 Å². The molecule has 1 unspecified atom stereocenters. The molecule has 21 heavy (non-hydrogen) atoms. The Bertz CT molecular complexity index is 544. The Morgan fingerprint density at radius 1 is 1.29 bits per heavy atom. The predicted molar refractivity (Wildman–Crippen MR) is 83.3 cm³/mol. The van der Waals surface area contributed by atoms with Crippen LogP contribution in [-0.4, -0.2) is 63.2 Å². The fraction of sp³-hybridized carbons (Fsp3) is 0.643. The summed E-state index contributed by atoms with van der Waals surface area (Å²) in [5.74, 6) is 0.996. The third-order valence-electron chi connectivity index (χ3n) is 4.11. The quantitative estimate of drug-likeness (QED) is 0.837. The van der Waals surface area contributed by atoms with Crippen molar-refractivity contribution in [3.63, 3.8) is 0 Å². The highest BCUT2D eigenvalue weighted by Gasteiger charge is 2.26. The normalized spacial score (nSPS) is 19.0. The Morgan fingerprint density at radius 2 is 2.10 bits per heavy atom. The van der Waals surface area contributed by atoms with Crippen LogP contribution in [0.5, 0.6) is 0 Å². The van der Waals surface area contributed by atoms with Crippen LogP contribution in [0.4, 0.5) is 0 Å². The summed E-state index contributed by atoms with van der Waals surface area (Å²) in [6.45, 7) is 7.38. The van der Waals surface area contributed by atoms with Crippen molar-refractivity contribution in [1.29, 1.82) is 0 Å². The van der Waals surface area contributed by atoms with Crippen molar-refractivity contribution >= 4 is 11.3 Å². The maximum atomic E-state index is 4.31. The Labute approximate surface area is 129 Å². The minimum absolute atomic E-state index is 0.314. The van der Waals surface area contributed by atoms with Crippen molar-refractivity contribution in [1.82, 2.24) is 30.0 Å². The van der Waals surface area contributed by atoms with Gasteiger partial charge in [0.05, 0.1) is 12.6 Å². The molecule has 1 aliphatic heterocycles. The van der Waals surface area contributed by atoms with E-state index < -0.39 is 0 Å². The van der Waals surface area contributed by atoms with Crippen LogP contribution in [0.15, 0.2) is 17.5 Å². The second-order valence-electron chi connectivity index (χ2n) is 5.54. The number of hydrogen-bond acceptors (Lipinski definition) is 6. The molecule has 3 heterocycles. The van der Waals surface area contributed by atoms with E-state index in [-0.39, 0.29) is 0 Å². The highest BCUT2D eigenvalue weighted by Crippen LogP contribution is 2.24. The second kappa shape index (κ2) is 6.64. The van der Waals surface area contributed by atoms with Crippen LogP contribution >= 0.6 is 11.3 Å². The van der Waals surface area contributed by atoms with Gasteiger partial charge in [0, 0.05) is 31.1 Å². The summed E-state index contributed by atoms with van der Waals surface area (Å²) in [6.07, 6.45) is 1.04. The van der Waals surface area contributed by atoms with E-state index in [4.69, 9.17) is 0 Å². The molecule has 1 aliphatic rings. The molecule has 0 bridgehead atoms. The number of hydrogen-bond donors (Lipinski definition) is 0. The van der Waals surface area contributed by atoms with E-state index in [0.29, 0.717) is 6.04 Å². The molecule has 3 rings (SSSR count). The summed E-state index contributed by atoms with van der Waals surface area (Å²) in [4.78, 5) is 6.17. The smallest absolute Gasteiger partial charge is 0.168 e. The van der Waals surface area contributed by atoms with Crippen LogP contribution in [0.2, 0.25) is 0 Å². The molecule has 0 aromatic carbocycles. The highest BCUT2D eigenvalue weighted by molar-refractivity contribution is 7.09. The van der Waals surface area contributed by atoms with Crippen LogP contribution in [0.3, 0.4) is 0 Å². The lowest BCUT2D eigenvalue weighted by Crippen LogP contribution is -2.46. The van der Waals surface area contributed by atoms with Crippen LogP contribution < -0.4 is 0 Å². The average molecular weight is 306 g/mol. The molecule has 1 saturated heterocycles. The number of rotatable bonds is 5. The number of likely N-dealkylation sites (N-methyl/N-ethyl adjacent to an activating group) is 1. The first-order chi connectivity index (χ1) is 10.3. The van der Waals surface area contributed by atoms with Gasteiger partial charge in [0.2, 0.25) is 0 Å². The van der Waals surface area contributed by atoms with Crippen molar-refractivity contribution in [2.24, 2.45) is 0 Å². The zero-order chi connectivity index (χ0) is 14.7. The molecule has 0 saturated carbocycles. The largest absolute Gasteiger partial charge is 0.304 e. The van der Waals surface area contributed by atoms with Crippen molar-refractivity contribution in [3.05, 3.63) is 28.2 Å². The Morgan fingerprint density at radius 3 is 2.76 bits per heavy atom. The van der Waals surface area contributed by atoms with Gasteiger partial charge in [0.1, 0.15) is 0 Å². The molecule has 1 fully saturated rings. The molecular formula is C14H22N6S. The van der Waals surface area contributed by atoms with E-state index in [1.807, 2.05) is 4.68 Å². The van der Waals surface area contributed by atoms with E-state index in [0.717, 1.165) is 45.0 Å². The van der Waals surface area contributed by atoms with Crippen molar-refractivity contribution in [2.75, 3.05) is 33.2 Å². The molecular weight excluding hydrogens is 284 g/mol.